The highest BCUT2D eigenvalue weighted by molar-refractivity contribution is 6.30. The Labute approximate surface area is 166 Å². The van der Waals surface area contributed by atoms with E-state index in [2.05, 4.69) is 10.3 Å². The second kappa shape index (κ2) is 7.44. The van der Waals surface area contributed by atoms with Crippen LogP contribution in [0.5, 0.6) is 0 Å². The number of nitrogens with one attached hydrogen (secondary N) is 2. The third-order valence-corrected chi connectivity index (χ3v) is 5.18. The lowest BCUT2D eigenvalue weighted by Crippen LogP contribution is -2.29. The number of H-pyrrole nitrogens is 1. The van der Waals surface area contributed by atoms with E-state index < -0.39 is 11.5 Å². The van der Waals surface area contributed by atoms with Crippen molar-refractivity contribution in [1.29, 1.82) is 0 Å². The zero-order valence-electron chi connectivity index (χ0n) is 14.9. The van der Waals surface area contributed by atoms with Gasteiger partial charge >= 0.3 is 0 Å². The topological polar surface area (TPSA) is 79.0 Å². The van der Waals surface area contributed by atoms with Crippen molar-refractivity contribution in [2.45, 2.75) is 18.8 Å². The molecule has 1 aromatic heterocycles. The first kappa shape index (κ1) is 18.2. The molecule has 1 heterocycles. The summed E-state index contributed by atoms with van der Waals surface area (Å²) < 4.78 is 0. The number of pyridine rings is 1. The lowest BCUT2D eigenvalue weighted by Gasteiger charge is -2.24. The van der Waals surface area contributed by atoms with E-state index in [4.69, 9.17) is 11.6 Å². The fraction of sp³-hybridized carbons (Fsp3) is 0.136. The molecular formula is C22H17ClN2O3. The quantitative estimate of drug-likeness (QED) is 0.701. The van der Waals surface area contributed by atoms with Gasteiger partial charge in [0.1, 0.15) is 5.56 Å². The Morgan fingerprint density at radius 2 is 1.71 bits per heavy atom. The largest absolute Gasteiger partial charge is 0.325 e. The van der Waals surface area contributed by atoms with Gasteiger partial charge in [0.2, 0.25) is 0 Å². The Hall–Kier alpha value is -3.18. The molecule has 0 unspecified atom stereocenters. The summed E-state index contributed by atoms with van der Waals surface area (Å²) in [4.78, 5) is 40.4. The normalized spacial score (nSPS) is 15.8. The molecule has 2 N–H and O–H groups in total. The maximum absolute atomic E-state index is 12.7. The number of Topliss-reactive ketones (excluding diaryl/α,β-unsaturated/α-hetero) is 1. The van der Waals surface area contributed by atoms with Crippen molar-refractivity contribution in [3.63, 3.8) is 0 Å². The van der Waals surface area contributed by atoms with Gasteiger partial charge in [-0.3, -0.25) is 14.4 Å². The van der Waals surface area contributed by atoms with Crippen LogP contribution >= 0.6 is 11.6 Å². The molecule has 1 aliphatic rings. The van der Waals surface area contributed by atoms with Crippen LogP contribution in [0.2, 0.25) is 5.02 Å². The van der Waals surface area contributed by atoms with Crippen molar-refractivity contribution in [1.82, 2.24) is 4.98 Å². The van der Waals surface area contributed by atoms with Crippen LogP contribution in [0.15, 0.2) is 65.5 Å². The van der Waals surface area contributed by atoms with Crippen LogP contribution in [0.3, 0.4) is 0 Å². The third-order valence-electron chi connectivity index (χ3n) is 4.92. The highest BCUT2D eigenvalue weighted by Gasteiger charge is 2.28. The molecule has 5 nitrogen and oxygen atoms in total. The van der Waals surface area contributed by atoms with E-state index in [0.29, 0.717) is 34.8 Å². The summed E-state index contributed by atoms with van der Waals surface area (Å²) in [7, 11) is 0. The summed E-state index contributed by atoms with van der Waals surface area (Å²) >= 11 is 5.84. The van der Waals surface area contributed by atoms with Crippen LogP contribution in [-0.4, -0.2) is 16.7 Å². The average molecular weight is 393 g/mol. The predicted molar refractivity (Wildman–Crippen MR) is 108 cm³/mol. The summed E-state index contributed by atoms with van der Waals surface area (Å²) in [6.07, 6.45) is 0.903. The van der Waals surface area contributed by atoms with Gasteiger partial charge in [0.15, 0.2) is 5.78 Å². The van der Waals surface area contributed by atoms with Crippen LogP contribution in [-0.2, 0) is 6.42 Å². The first-order chi connectivity index (χ1) is 13.5. The fourth-order valence-corrected chi connectivity index (χ4v) is 3.62. The Morgan fingerprint density at radius 3 is 2.43 bits per heavy atom. The summed E-state index contributed by atoms with van der Waals surface area (Å²) in [5, 5.41) is 3.20. The molecule has 2 aromatic carbocycles. The van der Waals surface area contributed by atoms with Crippen LogP contribution in [0, 0.1) is 0 Å². The summed E-state index contributed by atoms with van der Waals surface area (Å²) in [5.41, 5.74) is 1.98. The van der Waals surface area contributed by atoms with Crippen LogP contribution in [0.1, 0.15) is 44.3 Å². The molecule has 0 fully saturated rings. The van der Waals surface area contributed by atoms with Crippen LogP contribution in [0.25, 0.3) is 0 Å². The van der Waals surface area contributed by atoms with E-state index in [-0.39, 0.29) is 17.3 Å². The zero-order valence-corrected chi connectivity index (χ0v) is 15.6. The number of benzene rings is 2. The molecule has 0 radical (unpaired) electrons. The average Bonchev–Trinajstić information content (AvgIpc) is 2.69. The molecule has 0 spiro atoms. The number of carbonyl (C=O) groups is 2. The van der Waals surface area contributed by atoms with Crippen molar-refractivity contribution in [3.8, 4) is 0 Å². The van der Waals surface area contributed by atoms with Crippen molar-refractivity contribution in [2.75, 3.05) is 5.32 Å². The zero-order chi connectivity index (χ0) is 19.7. The fourth-order valence-electron chi connectivity index (χ4n) is 3.49. The number of ketones is 1. The summed E-state index contributed by atoms with van der Waals surface area (Å²) in [6, 6.07) is 17.7. The molecular weight excluding hydrogens is 376 g/mol. The molecule has 1 atom stereocenters. The van der Waals surface area contributed by atoms with E-state index in [1.165, 1.54) is 6.07 Å². The highest BCUT2D eigenvalue weighted by Crippen LogP contribution is 2.31. The van der Waals surface area contributed by atoms with Crippen LogP contribution in [0.4, 0.5) is 5.69 Å². The lowest BCUT2D eigenvalue weighted by atomic mass is 9.81. The van der Waals surface area contributed by atoms with Gasteiger partial charge in [-0.15, -0.1) is 0 Å². The predicted octanol–water partition coefficient (Wildman–Crippen LogP) is 4.19. The Kier molecular flexibility index (Phi) is 4.84. The number of carbonyl (C=O) groups excluding carboxylic acids is 2. The number of amides is 1. The molecule has 0 saturated heterocycles. The first-order valence-electron chi connectivity index (χ1n) is 8.92. The maximum Gasteiger partial charge on any atom is 0.261 e. The number of anilines is 1. The maximum atomic E-state index is 12.7. The molecule has 140 valence electrons. The van der Waals surface area contributed by atoms with E-state index in [1.807, 2.05) is 30.3 Å². The minimum atomic E-state index is -0.565. The second-order valence-electron chi connectivity index (χ2n) is 6.80. The summed E-state index contributed by atoms with van der Waals surface area (Å²) in [6.45, 7) is 0. The highest BCUT2D eigenvalue weighted by atomic mass is 35.5. The van der Waals surface area contributed by atoms with Crippen molar-refractivity contribution >= 4 is 29.0 Å². The third kappa shape index (κ3) is 3.62. The Morgan fingerprint density at radius 1 is 1.00 bits per heavy atom. The van der Waals surface area contributed by atoms with Gasteiger partial charge in [0.25, 0.3) is 11.5 Å². The van der Waals surface area contributed by atoms with Gasteiger partial charge in [-0.1, -0.05) is 41.9 Å². The monoisotopic (exact) mass is 392 g/mol. The molecule has 1 aliphatic carbocycles. The number of halogens is 1. The molecule has 0 bridgehead atoms. The molecule has 28 heavy (non-hydrogen) atoms. The summed E-state index contributed by atoms with van der Waals surface area (Å²) in [5.74, 6) is -0.623. The number of rotatable bonds is 3. The molecule has 0 aliphatic heterocycles. The van der Waals surface area contributed by atoms with E-state index in [1.54, 1.807) is 24.3 Å². The van der Waals surface area contributed by atoms with Crippen LogP contribution < -0.4 is 10.9 Å². The first-order valence-corrected chi connectivity index (χ1v) is 9.30. The van der Waals surface area contributed by atoms with Crippen molar-refractivity contribution in [2.24, 2.45) is 0 Å². The van der Waals surface area contributed by atoms with Gasteiger partial charge in [0, 0.05) is 28.4 Å². The number of hydrogen-bond acceptors (Lipinski definition) is 3. The van der Waals surface area contributed by atoms with Gasteiger partial charge < -0.3 is 10.3 Å². The number of aromatic amines is 1. The standard InChI is InChI=1S/C22H17ClN2O3/c23-15-6-8-16(9-7-15)24-21(27)18-12-17-19(25-22(18)28)10-14(11-20(17)26)13-4-2-1-3-5-13/h1-9,12,14H,10-11H2,(H,24,27)(H,25,28)/t14-/m1/s1. The Balaban J connectivity index is 1.62. The van der Waals surface area contributed by atoms with E-state index in [9.17, 15) is 14.4 Å². The van der Waals surface area contributed by atoms with Gasteiger partial charge in [0.05, 0.1) is 0 Å². The number of hydrogen-bond donors (Lipinski definition) is 2. The lowest BCUT2D eigenvalue weighted by molar-refractivity contribution is 0.0963. The van der Waals surface area contributed by atoms with E-state index in [0.717, 1.165) is 5.56 Å². The van der Waals surface area contributed by atoms with Crippen molar-refractivity contribution < 1.29 is 9.59 Å². The molecule has 1 amide bonds. The molecule has 4 rings (SSSR count). The molecule has 0 saturated carbocycles. The van der Waals surface area contributed by atoms with Gasteiger partial charge in [-0.25, -0.2) is 0 Å². The minimum absolute atomic E-state index is 0.0191. The SMILES string of the molecule is O=C1C[C@H](c2ccccc2)Cc2[nH]c(=O)c(C(=O)Nc3ccc(Cl)cc3)cc21. The number of fused-ring (bicyclic) bond motifs is 1. The molecule has 3 aromatic rings. The van der Waals surface area contributed by atoms with Gasteiger partial charge in [-0.05, 0) is 48.2 Å². The minimum Gasteiger partial charge on any atom is -0.325 e. The van der Waals surface area contributed by atoms with E-state index >= 15 is 0 Å². The van der Waals surface area contributed by atoms with Crippen molar-refractivity contribution in [3.05, 3.63) is 98.4 Å². The second-order valence-corrected chi connectivity index (χ2v) is 7.24. The smallest absolute Gasteiger partial charge is 0.261 e. The number of aromatic nitrogens is 1. The van der Waals surface area contributed by atoms with Gasteiger partial charge in [-0.2, -0.15) is 0 Å². The molecule has 6 heteroatoms. The Bertz CT molecular complexity index is 1100.